The van der Waals surface area contributed by atoms with Gasteiger partial charge in [-0.25, -0.2) is 9.97 Å². The van der Waals surface area contributed by atoms with E-state index in [-0.39, 0.29) is 5.91 Å². The molecule has 0 atom stereocenters. The average Bonchev–Trinajstić information content (AvgIpc) is 2.75. The summed E-state index contributed by atoms with van der Waals surface area (Å²) in [5.41, 5.74) is 3.82. The van der Waals surface area contributed by atoms with Crippen molar-refractivity contribution in [2.75, 3.05) is 18.4 Å². The largest absolute Gasteiger partial charge is 0.334 e. The Morgan fingerprint density at radius 1 is 0.963 bits per heavy atom. The second kappa shape index (κ2) is 7.83. The van der Waals surface area contributed by atoms with Gasteiger partial charge in [-0.2, -0.15) is 0 Å². The number of nitrogens with one attached hydrogen (secondary N) is 1. The molecule has 1 aromatic heterocycles. The molecule has 0 fully saturated rings. The maximum absolute atomic E-state index is 13.0. The van der Waals surface area contributed by atoms with Crippen LogP contribution in [0, 0.1) is 0 Å². The number of carbonyl (C=O) groups excluding carboxylic acids is 1. The highest BCUT2D eigenvalue weighted by atomic mass is 16.2. The summed E-state index contributed by atoms with van der Waals surface area (Å²) in [6.45, 7) is 1.36. The topological polar surface area (TPSA) is 58.1 Å². The van der Waals surface area contributed by atoms with Gasteiger partial charge in [0, 0.05) is 36.7 Å². The van der Waals surface area contributed by atoms with E-state index in [1.54, 1.807) is 18.5 Å². The molecule has 27 heavy (non-hydrogen) atoms. The van der Waals surface area contributed by atoms with Crippen LogP contribution in [0.25, 0.3) is 5.57 Å². The van der Waals surface area contributed by atoms with Crippen LogP contribution in [0.5, 0.6) is 0 Å². The molecule has 1 amide bonds. The van der Waals surface area contributed by atoms with Gasteiger partial charge in [0.25, 0.3) is 5.91 Å². The van der Waals surface area contributed by atoms with Gasteiger partial charge in [-0.3, -0.25) is 4.79 Å². The predicted molar refractivity (Wildman–Crippen MR) is 107 cm³/mol. The second-order valence-corrected chi connectivity index (χ2v) is 6.39. The number of benzene rings is 2. The van der Waals surface area contributed by atoms with Gasteiger partial charge in [0.1, 0.15) is 0 Å². The molecule has 3 aromatic rings. The Bertz CT molecular complexity index is 954. The normalized spacial score (nSPS) is 13.8. The first-order valence-electron chi connectivity index (χ1n) is 8.97. The highest BCUT2D eigenvalue weighted by Crippen LogP contribution is 2.23. The zero-order valence-electron chi connectivity index (χ0n) is 14.9. The summed E-state index contributed by atoms with van der Waals surface area (Å²) in [5.74, 6) is 0.545. The highest BCUT2D eigenvalue weighted by molar-refractivity contribution is 5.96. The lowest BCUT2D eigenvalue weighted by atomic mass is 10.0. The fourth-order valence-electron chi connectivity index (χ4n) is 3.18. The predicted octanol–water partition coefficient (Wildman–Crippen LogP) is 4.15. The van der Waals surface area contributed by atoms with Crippen LogP contribution < -0.4 is 5.32 Å². The van der Waals surface area contributed by atoms with Crippen LogP contribution in [0.1, 0.15) is 22.3 Å². The third-order valence-electron chi connectivity index (χ3n) is 4.51. The van der Waals surface area contributed by atoms with Crippen LogP contribution in [0.3, 0.4) is 0 Å². The van der Waals surface area contributed by atoms with Crippen LogP contribution in [0.4, 0.5) is 11.6 Å². The number of anilines is 2. The first-order valence-corrected chi connectivity index (χ1v) is 8.97. The van der Waals surface area contributed by atoms with Crippen molar-refractivity contribution in [1.29, 1.82) is 0 Å². The number of rotatable bonds is 4. The van der Waals surface area contributed by atoms with E-state index in [1.807, 2.05) is 47.4 Å². The molecule has 0 spiro atoms. The lowest BCUT2D eigenvalue weighted by Crippen LogP contribution is -2.35. The summed E-state index contributed by atoms with van der Waals surface area (Å²) in [4.78, 5) is 23.2. The van der Waals surface area contributed by atoms with Gasteiger partial charge < -0.3 is 10.2 Å². The van der Waals surface area contributed by atoms with Crippen LogP contribution >= 0.6 is 0 Å². The molecule has 0 aliphatic carbocycles. The Morgan fingerprint density at radius 2 is 1.78 bits per heavy atom. The van der Waals surface area contributed by atoms with Crippen molar-refractivity contribution in [2.24, 2.45) is 0 Å². The van der Waals surface area contributed by atoms with Crippen LogP contribution in [-0.2, 0) is 0 Å². The van der Waals surface area contributed by atoms with E-state index in [0.29, 0.717) is 18.1 Å². The van der Waals surface area contributed by atoms with Gasteiger partial charge >= 0.3 is 0 Å². The molecule has 1 N–H and O–H groups in total. The number of hydrogen-bond acceptors (Lipinski definition) is 4. The van der Waals surface area contributed by atoms with E-state index < -0.39 is 0 Å². The molecule has 4 rings (SSSR count). The molecule has 2 heterocycles. The number of aromatic nitrogens is 2. The highest BCUT2D eigenvalue weighted by Gasteiger charge is 2.20. The van der Waals surface area contributed by atoms with Crippen molar-refractivity contribution in [1.82, 2.24) is 14.9 Å². The standard InChI is InChI=1S/C22H20N4O/c27-21(26-14-5-10-19(16-26)17-7-2-1-3-8-17)18-9-4-11-20(15-18)25-22-23-12-6-13-24-22/h1-4,6-13,15H,5,14,16H2,(H,23,24,25). The Morgan fingerprint density at radius 3 is 2.59 bits per heavy atom. The molecular formula is C22H20N4O. The minimum atomic E-state index is 0.0363. The molecule has 0 saturated heterocycles. The van der Waals surface area contributed by atoms with Crippen molar-refractivity contribution < 1.29 is 4.79 Å². The molecule has 1 aliphatic heterocycles. The van der Waals surface area contributed by atoms with E-state index in [9.17, 15) is 4.79 Å². The maximum atomic E-state index is 13.0. The van der Waals surface area contributed by atoms with Gasteiger partial charge in [-0.15, -0.1) is 0 Å². The van der Waals surface area contributed by atoms with Crippen molar-refractivity contribution >= 4 is 23.1 Å². The quantitative estimate of drug-likeness (QED) is 0.763. The van der Waals surface area contributed by atoms with Gasteiger partial charge in [0.15, 0.2) is 0 Å². The zero-order chi connectivity index (χ0) is 18.5. The molecule has 5 nitrogen and oxygen atoms in total. The SMILES string of the molecule is O=C(c1cccc(Nc2ncccn2)c1)N1CCC=C(c2ccccc2)C1. The van der Waals surface area contributed by atoms with E-state index in [1.165, 1.54) is 11.1 Å². The molecule has 0 radical (unpaired) electrons. The van der Waals surface area contributed by atoms with Gasteiger partial charge in [0.2, 0.25) is 5.95 Å². The van der Waals surface area contributed by atoms with Crippen molar-refractivity contribution in [3.63, 3.8) is 0 Å². The van der Waals surface area contributed by atoms with E-state index >= 15 is 0 Å². The summed E-state index contributed by atoms with van der Waals surface area (Å²) in [5, 5.41) is 3.13. The number of nitrogens with zero attached hydrogens (tertiary/aromatic N) is 3. The second-order valence-electron chi connectivity index (χ2n) is 6.39. The van der Waals surface area contributed by atoms with Gasteiger partial charge in [-0.1, -0.05) is 42.5 Å². The van der Waals surface area contributed by atoms with Crippen molar-refractivity contribution in [2.45, 2.75) is 6.42 Å². The Labute approximate surface area is 158 Å². The summed E-state index contributed by atoms with van der Waals surface area (Å²) in [6, 6.07) is 19.5. The molecule has 1 aliphatic rings. The monoisotopic (exact) mass is 356 g/mol. The van der Waals surface area contributed by atoms with Crippen molar-refractivity contribution in [3.05, 3.63) is 90.3 Å². The zero-order valence-corrected chi connectivity index (χ0v) is 14.9. The summed E-state index contributed by atoms with van der Waals surface area (Å²) >= 11 is 0. The minimum Gasteiger partial charge on any atom is -0.334 e. The number of carbonyl (C=O) groups is 1. The first kappa shape index (κ1) is 17.0. The van der Waals surface area contributed by atoms with E-state index in [0.717, 1.165) is 18.7 Å². The third kappa shape index (κ3) is 4.03. The lowest BCUT2D eigenvalue weighted by molar-refractivity contribution is 0.0775. The minimum absolute atomic E-state index is 0.0363. The lowest BCUT2D eigenvalue weighted by Gasteiger charge is -2.28. The first-order chi connectivity index (χ1) is 13.3. The third-order valence-corrected chi connectivity index (χ3v) is 4.51. The van der Waals surface area contributed by atoms with Crippen LogP contribution in [0.2, 0.25) is 0 Å². The molecule has 5 heteroatoms. The molecule has 0 unspecified atom stereocenters. The van der Waals surface area contributed by atoms with Gasteiger partial charge in [0.05, 0.1) is 0 Å². The van der Waals surface area contributed by atoms with Crippen LogP contribution in [-0.4, -0.2) is 33.9 Å². The van der Waals surface area contributed by atoms with Crippen molar-refractivity contribution in [3.8, 4) is 0 Å². The Hall–Kier alpha value is -3.47. The van der Waals surface area contributed by atoms with E-state index in [4.69, 9.17) is 0 Å². The summed E-state index contributed by atoms with van der Waals surface area (Å²) < 4.78 is 0. The number of amides is 1. The molecule has 134 valence electrons. The summed E-state index contributed by atoms with van der Waals surface area (Å²) in [6.07, 6.45) is 6.45. The Kier molecular flexibility index (Phi) is 4.92. The average molecular weight is 356 g/mol. The molecule has 0 saturated carbocycles. The molecular weight excluding hydrogens is 336 g/mol. The smallest absolute Gasteiger partial charge is 0.254 e. The molecule has 2 aromatic carbocycles. The fourth-order valence-corrected chi connectivity index (χ4v) is 3.18. The summed E-state index contributed by atoms with van der Waals surface area (Å²) in [7, 11) is 0. The number of hydrogen-bond donors (Lipinski definition) is 1. The van der Waals surface area contributed by atoms with Crippen LogP contribution in [0.15, 0.2) is 79.1 Å². The van der Waals surface area contributed by atoms with E-state index in [2.05, 4.69) is 33.5 Å². The maximum Gasteiger partial charge on any atom is 0.254 e. The Balaban J connectivity index is 1.50. The van der Waals surface area contributed by atoms with Gasteiger partial charge in [-0.05, 0) is 41.8 Å². The fraction of sp³-hybridized carbons (Fsp3) is 0.136. The molecule has 0 bridgehead atoms.